The molecule has 0 aromatic carbocycles. The SMILES string of the molecule is CCOCCNC(=NC)NCCN(C(C)C)C(C)C. The predicted octanol–water partition coefficient (Wildman–Crippen LogP) is 1.31. The Morgan fingerprint density at radius 3 is 2.16 bits per heavy atom. The maximum Gasteiger partial charge on any atom is 0.191 e. The number of nitrogens with one attached hydrogen (secondary N) is 2. The minimum atomic E-state index is 0.565. The Morgan fingerprint density at radius 1 is 1.11 bits per heavy atom. The van der Waals surface area contributed by atoms with E-state index >= 15 is 0 Å². The van der Waals surface area contributed by atoms with Crippen LogP contribution in [0.15, 0.2) is 4.99 Å². The largest absolute Gasteiger partial charge is 0.380 e. The molecule has 2 N–H and O–H groups in total. The second-order valence-corrected chi connectivity index (χ2v) is 5.05. The van der Waals surface area contributed by atoms with Crippen molar-refractivity contribution < 1.29 is 4.74 Å². The first-order chi connectivity index (χ1) is 9.02. The van der Waals surface area contributed by atoms with Crippen molar-refractivity contribution in [3.63, 3.8) is 0 Å². The molecule has 0 aromatic heterocycles. The zero-order chi connectivity index (χ0) is 14.7. The van der Waals surface area contributed by atoms with E-state index in [1.54, 1.807) is 7.05 Å². The van der Waals surface area contributed by atoms with Crippen LogP contribution in [0.3, 0.4) is 0 Å². The van der Waals surface area contributed by atoms with Crippen LogP contribution in [0.25, 0.3) is 0 Å². The summed E-state index contributed by atoms with van der Waals surface area (Å²) in [5.74, 6) is 0.840. The van der Waals surface area contributed by atoms with Gasteiger partial charge in [0.05, 0.1) is 6.61 Å². The average molecular weight is 272 g/mol. The summed E-state index contributed by atoms with van der Waals surface area (Å²) in [5.41, 5.74) is 0. The van der Waals surface area contributed by atoms with Crippen LogP contribution in [0.2, 0.25) is 0 Å². The van der Waals surface area contributed by atoms with Crippen LogP contribution >= 0.6 is 0 Å². The molecule has 0 bridgehead atoms. The van der Waals surface area contributed by atoms with Gasteiger partial charge in [-0.15, -0.1) is 0 Å². The highest BCUT2D eigenvalue weighted by molar-refractivity contribution is 5.79. The monoisotopic (exact) mass is 272 g/mol. The Bertz CT molecular complexity index is 234. The van der Waals surface area contributed by atoms with Crippen LogP contribution < -0.4 is 10.6 Å². The summed E-state index contributed by atoms with van der Waals surface area (Å²) in [5, 5.41) is 6.56. The molecule has 0 amide bonds. The fourth-order valence-corrected chi connectivity index (χ4v) is 2.02. The van der Waals surface area contributed by atoms with Crippen LogP contribution in [0.1, 0.15) is 34.6 Å². The fourth-order valence-electron chi connectivity index (χ4n) is 2.02. The Balaban J connectivity index is 3.88. The fraction of sp³-hybridized carbons (Fsp3) is 0.929. The van der Waals surface area contributed by atoms with E-state index in [1.165, 1.54) is 0 Å². The van der Waals surface area contributed by atoms with Crippen molar-refractivity contribution in [1.82, 2.24) is 15.5 Å². The summed E-state index contributed by atoms with van der Waals surface area (Å²) in [6.07, 6.45) is 0. The van der Waals surface area contributed by atoms with Gasteiger partial charge >= 0.3 is 0 Å². The van der Waals surface area contributed by atoms with Gasteiger partial charge in [-0.1, -0.05) is 0 Å². The zero-order valence-corrected chi connectivity index (χ0v) is 13.5. The van der Waals surface area contributed by atoms with Crippen LogP contribution in [-0.4, -0.2) is 62.8 Å². The summed E-state index contributed by atoms with van der Waals surface area (Å²) in [7, 11) is 1.79. The van der Waals surface area contributed by atoms with E-state index in [-0.39, 0.29) is 0 Å². The van der Waals surface area contributed by atoms with Crippen LogP contribution in [0.5, 0.6) is 0 Å². The minimum Gasteiger partial charge on any atom is -0.380 e. The van der Waals surface area contributed by atoms with E-state index in [0.29, 0.717) is 18.7 Å². The Hall–Kier alpha value is -0.810. The predicted molar refractivity (Wildman–Crippen MR) is 82.8 cm³/mol. The summed E-state index contributed by atoms with van der Waals surface area (Å²) >= 11 is 0. The highest BCUT2D eigenvalue weighted by Gasteiger charge is 2.12. The smallest absolute Gasteiger partial charge is 0.191 e. The molecule has 0 aliphatic rings. The van der Waals surface area contributed by atoms with Crippen LogP contribution in [-0.2, 0) is 4.74 Å². The van der Waals surface area contributed by atoms with Gasteiger partial charge in [-0.2, -0.15) is 0 Å². The third kappa shape index (κ3) is 8.83. The molecule has 0 aromatic rings. The molecule has 0 atom stereocenters. The van der Waals surface area contributed by atoms with Crippen molar-refractivity contribution in [2.45, 2.75) is 46.7 Å². The quantitative estimate of drug-likeness (QED) is 0.377. The van der Waals surface area contributed by atoms with Gasteiger partial charge in [-0.05, 0) is 34.6 Å². The number of hydrogen-bond donors (Lipinski definition) is 2. The molecule has 0 spiro atoms. The lowest BCUT2D eigenvalue weighted by Gasteiger charge is -2.30. The van der Waals surface area contributed by atoms with E-state index in [2.05, 4.69) is 48.2 Å². The number of hydrogen-bond acceptors (Lipinski definition) is 3. The number of aliphatic imine (C=N–C) groups is 1. The molecule has 0 saturated heterocycles. The van der Waals surface area contributed by atoms with Crippen molar-refractivity contribution in [3.8, 4) is 0 Å². The Labute approximate surface area is 118 Å². The van der Waals surface area contributed by atoms with Gasteiger partial charge in [0.25, 0.3) is 0 Å². The van der Waals surface area contributed by atoms with E-state index in [4.69, 9.17) is 4.74 Å². The third-order valence-electron chi connectivity index (χ3n) is 2.96. The molecule has 0 rings (SSSR count). The van der Waals surface area contributed by atoms with E-state index in [9.17, 15) is 0 Å². The molecule has 0 saturated carbocycles. The molecule has 0 fully saturated rings. The van der Waals surface area contributed by atoms with E-state index in [1.807, 2.05) is 6.92 Å². The lowest BCUT2D eigenvalue weighted by molar-refractivity contribution is 0.152. The number of nitrogens with zero attached hydrogens (tertiary/aromatic N) is 2. The van der Waals surface area contributed by atoms with Crippen LogP contribution in [0.4, 0.5) is 0 Å². The molecule has 5 heteroatoms. The van der Waals surface area contributed by atoms with Gasteiger partial charge in [0, 0.05) is 45.4 Å². The van der Waals surface area contributed by atoms with E-state index in [0.717, 1.165) is 32.2 Å². The number of rotatable bonds is 9. The molecular weight excluding hydrogens is 240 g/mol. The lowest BCUT2D eigenvalue weighted by Crippen LogP contribution is -2.45. The molecule has 114 valence electrons. The van der Waals surface area contributed by atoms with Gasteiger partial charge in [0.15, 0.2) is 5.96 Å². The highest BCUT2D eigenvalue weighted by atomic mass is 16.5. The molecule has 0 radical (unpaired) electrons. The first-order valence-electron chi connectivity index (χ1n) is 7.30. The first-order valence-corrected chi connectivity index (χ1v) is 7.30. The molecule has 5 nitrogen and oxygen atoms in total. The summed E-state index contributed by atoms with van der Waals surface area (Å²) in [6.45, 7) is 15.1. The number of guanidine groups is 1. The summed E-state index contributed by atoms with van der Waals surface area (Å²) in [6, 6.07) is 1.13. The van der Waals surface area contributed by atoms with E-state index < -0.39 is 0 Å². The van der Waals surface area contributed by atoms with Crippen LogP contribution in [0, 0.1) is 0 Å². The van der Waals surface area contributed by atoms with Gasteiger partial charge in [0.1, 0.15) is 0 Å². The van der Waals surface area contributed by atoms with Crippen molar-refractivity contribution in [2.24, 2.45) is 4.99 Å². The standard InChI is InChI=1S/C14H32N4O/c1-7-19-11-9-17-14(15-6)16-8-10-18(12(2)3)13(4)5/h12-13H,7-11H2,1-6H3,(H2,15,16,17). The maximum absolute atomic E-state index is 5.28. The maximum atomic E-state index is 5.28. The number of ether oxygens (including phenoxy) is 1. The molecule has 0 aliphatic carbocycles. The first kappa shape index (κ1) is 18.2. The van der Waals surface area contributed by atoms with Crippen molar-refractivity contribution in [3.05, 3.63) is 0 Å². The van der Waals surface area contributed by atoms with Crippen molar-refractivity contribution >= 4 is 5.96 Å². The Kier molecular flexibility index (Phi) is 10.6. The molecular formula is C14H32N4O. The normalized spacial score (nSPS) is 12.6. The molecule has 0 unspecified atom stereocenters. The van der Waals surface area contributed by atoms with Crippen molar-refractivity contribution in [1.29, 1.82) is 0 Å². The van der Waals surface area contributed by atoms with Gasteiger partial charge in [-0.3, -0.25) is 9.89 Å². The van der Waals surface area contributed by atoms with Crippen molar-refractivity contribution in [2.75, 3.05) is 39.9 Å². The second-order valence-electron chi connectivity index (χ2n) is 5.05. The van der Waals surface area contributed by atoms with Gasteiger partial charge in [-0.25, -0.2) is 0 Å². The zero-order valence-electron chi connectivity index (χ0n) is 13.5. The molecule has 19 heavy (non-hydrogen) atoms. The summed E-state index contributed by atoms with van der Waals surface area (Å²) < 4.78 is 5.28. The lowest BCUT2D eigenvalue weighted by atomic mass is 10.2. The van der Waals surface area contributed by atoms with Gasteiger partial charge < -0.3 is 15.4 Å². The topological polar surface area (TPSA) is 48.9 Å². The minimum absolute atomic E-state index is 0.565. The third-order valence-corrected chi connectivity index (χ3v) is 2.96. The Morgan fingerprint density at radius 2 is 1.68 bits per heavy atom. The highest BCUT2D eigenvalue weighted by Crippen LogP contribution is 2.02. The molecule has 0 aliphatic heterocycles. The molecule has 0 heterocycles. The van der Waals surface area contributed by atoms with Gasteiger partial charge in [0.2, 0.25) is 0 Å². The second kappa shape index (κ2) is 11.1. The summed E-state index contributed by atoms with van der Waals surface area (Å²) in [4.78, 5) is 6.65. The average Bonchev–Trinajstić information content (AvgIpc) is 2.36.